The molecule has 7 nitrogen and oxygen atoms in total. The zero-order valence-corrected chi connectivity index (χ0v) is 24.1. The van der Waals surface area contributed by atoms with Gasteiger partial charge >= 0.3 is 12.1 Å². The van der Waals surface area contributed by atoms with E-state index in [9.17, 15) is 23.1 Å². The molecule has 11 heteroatoms. The van der Waals surface area contributed by atoms with Crippen LogP contribution in [0.3, 0.4) is 0 Å². The number of hydrogen-bond acceptors (Lipinski definition) is 5. The van der Waals surface area contributed by atoms with Gasteiger partial charge in [0, 0.05) is 67.8 Å². The third kappa shape index (κ3) is 5.97. The van der Waals surface area contributed by atoms with Gasteiger partial charge < -0.3 is 14.9 Å². The number of aromatic carboxylic acids is 1. The number of hydrogen-bond donors (Lipinski definition) is 1. The normalized spacial score (nSPS) is 20.5. The minimum Gasteiger partial charge on any atom is -0.478 e. The zero-order valence-electron chi connectivity index (χ0n) is 23.4. The second kappa shape index (κ2) is 11.8. The highest BCUT2D eigenvalue weighted by molar-refractivity contribution is 6.31. The van der Waals surface area contributed by atoms with Gasteiger partial charge in [-0.05, 0) is 61.4 Å². The Labute approximate surface area is 248 Å². The van der Waals surface area contributed by atoms with Crippen molar-refractivity contribution in [3.05, 3.63) is 64.9 Å². The van der Waals surface area contributed by atoms with Crippen LogP contribution >= 0.6 is 11.6 Å². The molecule has 3 aliphatic rings. The van der Waals surface area contributed by atoms with E-state index in [0.717, 1.165) is 59.8 Å². The molecule has 3 heterocycles. The maximum absolute atomic E-state index is 13.9. The second-order valence-corrected chi connectivity index (χ2v) is 12.1. The molecule has 2 aliphatic heterocycles. The Morgan fingerprint density at radius 1 is 0.952 bits per heavy atom. The lowest BCUT2D eigenvalue weighted by atomic mass is 9.85. The van der Waals surface area contributed by atoms with Gasteiger partial charge in [-0.2, -0.15) is 18.3 Å². The highest BCUT2D eigenvalue weighted by atomic mass is 35.5. The molecule has 1 aromatic heterocycles. The predicted molar refractivity (Wildman–Crippen MR) is 158 cm³/mol. The fourth-order valence-corrected chi connectivity index (χ4v) is 6.71. The summed E-state index contributed by atoms with van der Waals surface area (Å²) in [4.78, 5) is 18.5. The van der Waals surface area contributed by atoms with Crippen molar-refractivity contribution in [1.82, 2.24) is 14.7 Å². The smallest absolute Gasteiger partial charge is 0.433 e. The summed E-state index contributed by atoms with van der Waals surface area (Å²) in [5, 5.41) is 13.8. The number of anilines is 2. The van der Waals surface area contributed by atoms with Gasteiger partial charge in [0.1, 0.15) is 5.56 Å². The number of benzene rings is 2. The van der Waals surface area contributed by atoms with Crippen molar-refractivity contribution in [2.45, 2.75) is 44.3 Å². The van der Waals surface area contributed by atoms with Gasteiger partial charge in [-0.15, -0.1) is 0 Å². The third-order valence-corrected chi connectivity index (χ3v) is 9.23. The van der Waals surface area contributed by atoms with Gasteiger partial charge in [0.2, 0.25) is 0 Å². The zero-order chi connectivity index (χ0) is 29.4. The average molecular weight is 602 g/mol. The molecule has 42 heavy (non-hydrogen) atoms. The molecule has 0 spiro atoms. The number of nitrogens with zero attached hydrogens (tertiary/aromatic N) is 5. The number of carbonyl (C=O) groups is 1. The number of rotatable bonds is 7. The summed E-state index contributed by atoms with van der Waals surface area (Å²) in [6.45, 7) is 6.28. The molecule has 3 aromatic rings. The lowest BCUT2D eigenvalue weighted by molar-refractivity contribution is -0.145. The van der Waals surface area contributed by atoms with Crippen LogP contribution in [0.5, 0.6) is 0 Å². The predicted octanol–water partition coefficient (Wildman–Crippen LogP) is 6.68. The van der Waals surface area contributed by atoms with Crippen LogP contribution in [0.2, 0.25) is 5.02 Å². The molecule has 1 aliphatic carbocycles. The number of alkyl halides is 3. The standard InChI is InChI=1S/C31H35ClF3N5O2/c32-23-8-11-26(22-6-9-24(10-7-22)38-15-13-37(14-16-38)19-21-3-1-4-21)28(17-23)39-12-2-5-25(20-39)40-29(31(33,34)35)27(18-36-40)30(41)42/h6-11,17-18,21,25H,1-5,12-16,19-20H2,(H,41,42). The number of carboxylic acids is 1. The fourth-order valence-electron chi connectivity index (χ4n) is 6.54. The van der Waals surface area contributed by atoms with E-state index >= 15 is 0 Å². The molecule has 2 aromatic carbocycles. The molecule has 1 saturated carbocycles. The van der Waals surface area contributed by atoms with Crippen LogP contribution in [0.1, 0.15) is 54.2 Å². The SMILES string of the molecule is O=C(O)c1cnn(C2CCCN(c3cc(Cl)ccc3-c3ccc(N4CCN(CC5CCC5)CC4)cc3)C2)c1C(F)(F)F. The molecule has 1 N–H and O–H groups in total. The summed E-state index contributed by atoms with van der Waals surface area (Å²) < 4.78 is 42.6. The molecule has 224 valence electrons. The van der Waals surface area contributed by atoms with Crippen molar-refractivity contribution in [3.63, 3.8) is 0 Å². The largest absolute Gasteiger partial charge is 0.478 e. The van der Waals surface area contributed by atoms with Crippen LogP contribution in [0.25, 0.3) is 11.1 Å². The van der Waals surface area contributed by atoms with Crippen LogP contribution < -0.4 is 9.80 Å². The first-order valence-electron chi connectivity index (χ1n) is 14.7. The van der Waals surface area contributed by atoms with Crippen molar-refractivity contribution in [3.8, 4) is 11.1 Å². The van der Waals surface area contributed by atoms with Gasteiger partial charge in [0.25, 0.3) is 0 Å². The van der Waals surface area contributed by atoms with Crippen LogP contribution in [0.4, 0.5) is 24.5 Å². The van der Waals surface area contributed by atoms with Crippen LogP contribution in [-0.4, -0.2) is 71.6 Å². The van der Waals surface area contributed by atoms with E-state index in [2.05, 4.69) is 39.2 Å². The third-order valence-electron chi connectivity index (χ3n) is 8.99. The van der Waals surface area contributed by atoms with Gasteiger partial charge in [0.15, 0.2) is 5.69 Å². The Hall–Kier alpha value is -3.24. The molecule has 1 unspecified atom stereocenters. The molecule has 0 radical (unpaired) electrons. The van der Waals surface area contributed by atoms with Gasteiger partial charge in [0.05, 0.1) is 12.2 Å². The molecule has 1 atom stereocenters. The number of carboxylic acid groups (broad SMARTS) is 1. The summed E-state index contributed by atoms with van der Waals surface area (Å²) in [7, 11) is 0. The fraction of sp³-hybridized carbons (Fsp3) is 0.484. The maximum Gasteiger partial charge on any atom is 0.433 e. The number of piperazine rings is 1. The van der Waals surface area contributed by atoms with E-state index in [1.807, 2.05) is 23.1 Å². The van der Waals surface area contributed by atoms with Crippen LogP contribution in [0.15, 0.2) is 48.7 Å². The molecular weight excluding hydrogens is 567 g/mol. The van der Waals surface area contributed by atoms with Crippen molar-refractivity contribution in [2.75, 3.05) is 55.6 Å². The Balaban J connectivity index is 1.20. The monoisotopic (exact) mass is 601 g/mol. The van der Waals surface area contributed by atoms with Gasteiger partial charge in [-0.1, -0.05) is 36.2 Å². The number of aromatic nitrogens is 2. The van der Waals surface area contributed by atoms with E-state index < -0.39 is 29.4 Å². The highest BCUT2D eigenvalue weighted by Gasteiger charge is 2.42. The summed E-state index contributed by atoms with van der Waals surface area (Å²) >= 11 is 6.41. The van der Waals surface area contributed by atoms with Gasteiger partial charge in [-0.25, -0.2) is 4.79 Å². The summed E-state index contributed by atoms with van der Waals surface area (Å²) in [5.41, 5.74) is 1.92. The Morgan fingerprint density at radius 2 is 1.69 bits per heavy atom. The molecule has 2 saturated heterocycles. The molecule has 3 fully saturated rings. The minimum atomic E-state index is -4.83. The van der Waals surface area contributed by atoms with E-state index in [0.29, 0.717) is 24.4 Å². The molecular formula is C31H35ClF3N5O2. The van der Waals surface area contributed by atoms with Crippen molar-refractivity contribution in [1.29, 1.82) is 0 Å². The quantitative estimate of drug-likeness (QED) is 0.326. The van der Waals surface area contributed by atoms with Crippen LogP contribution in [-0.2, 0) is 6.18 Å². The van der Waals surface area contributed by atoms with Crippen molar-refractivity contribution >= 4 is 28.9 Å². The molecule has 6 rings (SSSR count). The Kier molecular flexibility index (Phi) is 8.11. The summed E-state index contributed by atoms with van der Waals surface area (Å²) in [6.07, 6.45) is 1.16. The Bertz CT molecular complexity index is 1410. The lowest BCUT2D eigenvalue weighted by Gasteiger charge is -2.39. The van der Waals surface area contributed by atoms with Crippen molar-refractivity contribution in [2.24, 2.45) is 5.92 Å². The van der Waals surface area contributed by atoms with E-state index in [-0.39, 0.29) is 6.54 Å². The average Bonchev–Trinajstić information content (AvgIpc) is 3.43. The first-order chi connectivity index (χ1) is 20.2. The first kappa shape index (κ1) is 28.9. The lowest BCUT2D eigenvalue weighted by Crippen LogP contribution is -2.48. The first-order valence-corrected chi connectivity index (χ1v) is 15.1. The van der Waals surface area contributed by atoms with E-state index in [1.165, 1.54) is 31.5 Å². The van der Waals surface area contributed by atoms with E-state index in [4.69, 9.17) is 11.6 Å². The Morgan fingerprint density at radius 3 is 2.33 bits per heavy atom. The van der Waals surface area contributed by atoms with Crippen LogP contribution in [0, 0.1) is 5.92 Å². The molecule has 0 amide bonds. The summed E-state index contributed by atoms with van der Waals surface area (Å²) in [6, 6.07) is 13.5. The van der Waals surface area contributed by atoms with Crippen molar-refractivity contribution < 1.29 is 23.1 Å². The summed E-state index contributed by atoms with van der Waals surface area (Å²) in [5.74, 6) is -0.759. The van der Waals surface area contributed by atoms with E-state index in [1.54, 1.807) is 0 Å². The topological polar surface area (TPSA) is 64.8 Å². The van der Waals surface area contributed by atoms with Gasteiger partial charge in [-0.3, -0.25) is 9.58 Å². The number of halogens is 4. The highest BCUT2D eigenvalue weighted by Crippen LogP contribution is 2.39. The maximum atomic E-state index is 13.9. The minimum absolute atomic E-state index is 0.250. The second-order valence-electron chi connectivity index (χ2n) is 11.7. The molecule has 0 bridgehead atoms. The number of piperidine rings is 1.